The fourth-order valence-corrected chi connectivity index (χ4v) is 3.71. The first kappa shape index (κ1) is 21.1. The zero-order valence-electron chi connectivity index (χ0n) is 16.8. The summed E-state index contributed by atoms with van der Waals surface area (Å²) < 4.78 is 15.4. The summed E-state index contributed by atoms with van der Waals surface area (Å²) in [5, 5.41) is 6.90. The molecule has 0 spiro atoms. The van der Waals surface area contributed by atoms with Crippen molar-refractivity contribution in [3.63, 3.8) is 0 Å². The molecule has 0 aliphatic heterocycles. The van der Waals surface area contributed by atoms with E-state index in [0.29, 0.717) is 31.9 Å². The molecule has 8 heteroatoms. The number of methoxy groups -OCH3 is 1. The Morgan fingerprint density at radius 1 is 1.24 bits per heavy atom. The van der Waals surface area contributed by atoms with Crippen LogP contribution in [0.2, 0.25) is 0 Å². The third-order valence-corrected chi connectivity index (χ3v) is 5.26. The Kier molecular flexibility index (Phi) is 7.86. The van der Waals surface area contributed by atoms with Crippen LogP contribution in [0.3, 0.4) is 0 Å². The smallest absolute Gasteiger partial charge is 0.438 e. The van der Waals surface area contributed by atoms with Gasteiger partial charge in [-0.05, 0) is 43.4 Å². The van der Waals surface area contributed by atoms with E-state index in [-0.39, 0.29) is 17.9 Å². The van der Waals surface area contributed by atoms with Gasteiger partial charge in [0.25, 0.3) is 0 Å². The summed E-state index contributed by atoms with van der Waals surface area (Å²) in [5.74, 6) is 0.754. The summed E-state index contributed by atoms with van der Waals surface area (Å²) in [5.41, 5.74) is 1.20. The molecule has 3 rings (SSSR count). The van der Waals surface area contributed by atoms with Crippen molar-refractivity contribution in [3.8, 4) is 5.75 Å². The van der Waals surface area contributed by atoms with Gasteiger partial charge in [-0.2, -0.15) is 0 Å². The topological polar surface area (TPSA) is 106 Å². The number of aromatic amines is 1. The number of nitrogens with zero attached hydrogens (tertiary/aromatic N) is 1. The minimum atomic E-state index is -0.556. The molecule has 1 amide bonds. The number of hydrogen-bond acceptors (Lipinski definition) is 6. The Hall–Kier alpha value is -2.61. The molecular formula is C21H29N3O5. The second-order valence-corrected chi connectivity index (χ2v) is 7.38. The lowest BCUT2D eigenvalue weighted by Crippen LogP contribution is -2.41. The fraction of sp³-hybridized carbons (Fsp3) is 0.571. The number of H-pyrrole nitrogens is 1. The highest BCUT2D eigenvalue weighted by atomic mass is 16.5. The van der Waals surface area contributed by atoms with Gasteiger partial charge in [-0.25, -0.2) is 4.79 Å². The SMILES string of the molecule is COCCc1ccc(OCCCC(=O)NC2CCCCC2c2noc(=O)[nH]2)cc1. The van der Waals surface area contributed by atoms with Gasteiger partial charge in [-0.1, -0.05) is 30.1 Å². The Balaban J connectivity index is 1.39. The van der Waals surface area contributed by atoms with Crippen LogP contribution in [0.15, 0.2) is 33.6 Å². The largest absolute Gasteiger partial charge is 0.494 e. The number of ether oxygens (including phenoxy) is 2. The summed E-state index contributed by atoms with van der Waals surface area (Å²) in [7, 11) is 1.69. The number of amides is 1. The molecule has 2 atom stereocenters. The average molecular weight is 403 g/mol. The Bertz CT molecular complexity index is 814. The minimum absolute atomic E-state index is 0.00739. The van der Waals surface area contributed by atoms with Crippen molar-refractivity contribution in [1.29, 1.82) is 0 Å². The highest BCUT2D eigenvalue weighted by molar-refractivity contribution is 5.76. The van der Waals surface area contributed by atoms with Crippen LogP contribution < -0.4 is 15.8 Å². The van der Waals surface area contributed by atoms with Gasteiger partial charge in [0.2, 0.25) is 5.91 Å². The zero-order valence-corrected chi connectivity index (χ0v) is 16.8. The van der Waals surface area contributed by atoms with Crippen molar-refractivity contribution in [2.45, 2.75) is 56.9 Å². The molecule has 1 aliphatic carbocycles. The molecule has 1 fully saturated rings. The van der Waals surface area contributed by atoms with Crippen LogP contribution in [-0.2, 0) is 16.0 Å². The number of aromatic nitrogens is 2. The van der Waals surface area contributed by atoms with E-state index in [2.05, 4.69) is 20.0 Å². The molecule has 158 valence electrons. The Morgan fingerprint density at radius 2 is 2.03 bits per heavy atom. The van der Waals surface area contributed by atoms with E-state index in [9.17, 15) is 9.59 Å². The zero-order chi connectivity index (χ0) is 20.5. The van der Waals surface area contributed by atoms with Gasteiger partial charge >= 0.3 is 5.76 Å². The van der Waals surface area contributed by atoms with Crippen molar-refractivity contribution < 1.29 is 18.8 Å². The molecule has 0 radical (unpaired) electrons. The van der Waals surface area contributed by atoms with E-state index in [1.54, 1.807) is 7.11 Å². The van der Waals surface area contributed by atoms with Gasteiger partial charge in [-0.3, -0.25) is 14.3 Å². The van der Waals surface area contributed by atoms with Crippen LogP contribution in [-0.4, -0.2) is 42.4 Å². The maximum absolute atomic E-state index is 12.4. The van der Waals surface area contributed by atoms with Gasteiger partial charge in [0.05, 0.1) is 13.2 Å². The van der Waals surface area contributed by atoms with Crippen LogP contribution in [0.5, 0.6) is 5.75 Å². The van der Waals surface area contributed by atoms with Crippen molar-refractivity contribution >= 4 is 5.91 Å². The number of carbonyl (C=O) groups excluding carboxylic acids is 1. The second kappa shape index (κ2) is 10.8. The first-order valence-electron chi connectivity index (χ1n) is 10.2. The average Bonchev–Trinajstić information content (AvgIpc) is 3.17. The maximum atomic E-state index is 12.4. The molecule has 1 heterocycles. The molecule has 8 nitrogen and oxygen atoms in total. The van der Waals surface area contributed by atoms with Crippen molar-refractivity contribution in [2.24, 2.45) is 0 Å². The van der Waals surface area contributed by atoms with Crippen molar-refractivity contribution in [3.05, 3.63) is 46.2 Å². The monoisotopic (exact) mass is 403 g/mol. The molecule has 1 aliphatic rings. The number of rotatable bonds is 10. The summed E-state index contributed by atoms with van der Waals surface area (Å²) in [6, 6.07) is 7.90. The van der Waals surface area contributed by atoms with Crippen LogP contribution in [0, 0.1) is 0 Å². The number of hydrogen-bond donors (Lipinski definition) is 2. The van der Waals surface area contributed by atoms with Crippen LogP contribution in [0.4, 0.5) is 0 Å². The van der Waals surface area contributed by atoms with E-state index in [0.717, 1.165) is 37.9 Å². The van der Waals surface area contributed by atoms with E-state index in [4.69, 9.17) is 9.47 Å². The molecule has 1 aromatic carbocycles. The van der Waals surface area contributed by atoms with Gasteiger partial charge in [0.1, 0.15) is 5.75 Å². The summed E-state index contributed by atoms with van der Waals surface area (Å²) in [6.45, 7) is 1.18. The first-order chi connectivity index (χ1) is 14.2. The lowest BCUT2D eigenvalue weighted by atomic mass is 9.84. The van der Waals surface area contributed by atoms with Crippen molar-refractivity contribution in [2.75, 3.05) is 20.3 Å². The van der Waals surface area contributed by atoms with Gasteiger partial charge in [0.15, 0.2) is 5.82 Å². The number of benzene rings is 1. The van der Waals surface area contributed by atoms with Crippen molar-refractivity contribution in [1.82, 2.24) is 15.5 Å². The molecule has 1 aromatic heterocycles. The van der Waals surface area contributed by atoms with Crippen LogP contribution >= 0.6 is 0 Å². The quantitative estimate of drug-likeness (QED) is 0.591. The number of nitrogens with one attached hydrogen (secondary N) is 2. The third kappa shape index (κ3) is 6.45. The predicted molar refractivity (Wildman–Crippen MR) is 107 cm³/mol. The molecule has 2 N–H and O–H groups in total. The van der Waals surface area contributed by atoms with Gasteiger partial charge in [0, 0.05) is 25.5 Å². The Labute approximate surface area is 170 Å². The molecule has 29 heavy (non-hydrogen) atoms. The maximum Gasteiger partial charge on any atom is 0.438 e. The molecule has 0 bridgehead atoms. The molecular weight excluding hydrogens is 374 g/mol. The standard InChI is InChI=1S/C21H29N3O5/c1-27-14-12-15-8-10-16(11-9-15)28-13-4-7-19(25)22-18-6-3-2-5-17(18)20-23-21(26)29-24-20/h8-11,17-18H,2-7,12-14H2,1H3,(H,22,25)(H,23,24,26). The lowest BCUT2D eigenvalue weighted by Gasteiger charge is -2.30. The predicted octanol–water partition coefficient (Wildman–Crippen LogP) is 2.55. The van der Waals surface area contributed by atoms with E-state index < -0.39 is 5.76 Å². The van der Waals surface area contributed by atoms with E-state index in [1.165, 1.54) is 5.56 Å². The second-order valence-electron chi connectivity index (χ2n) is 7.38. The minimum Gasteiger partial charge on any atom is -0.494 e. The number of carbonyl (C=O) groups is 1. The fourth-order valence-electron chi connectivity index (χ4n) is 3.71. The summed E-state index contributed by atoms with van der Waals surface area (Å²) in [4.78, 5) is 26.2. The van der Waals surface area contributed by atoms with Crippen LogP contribution in [0.25, 0.3) is 0 Å². The normalized spacial score (nSPS) is 19.1. The van der Waals surface area contributed by atoms with Gasteiger partial charge < -0.3 is 14.8 Å². The first-order valence-corrected chi connectivity index (χ1v) is 10.2. The molecule has 2 unspecified atom stereocenters. The highest BCUT2D eigenvalue weighted by Gasteiger charge is 2.30. The van der Waals surface area contributed by atoms with E-state index >= 15 is 0 Å². The molecule has 2 aromatic rings. The summed E-state index contributed by atoms with van der Waals surface area (Å²) >= 11 is 0. The van der Waals surface area contributed by atoms with Crippen LogP contribution in [0.1, 0.15) is 55.8 Å². The van der Waals surface area contributed by atoms with E-state index in [1.807, 2.05) is 24.3 Å². The lowest BCUT2D eigenvalue weighted by molar-refractivity contribution is -0.122. The molecule has 1 saturated carbocycles. The third-order valence-electron chi connectivity index (χ3n) is 5.26. The summed E-state index contributed by atoms with van der Waals surface area (Å²) in [6.07, 6.45) is 5.74. The molecule has 0 saturated heterocycles. The van der Waals surface area contributed by atoms with Gasteiger partial charge in [-0.15, -0.1) is 0 Å². The Morgan fingerprint density at radius 3 is 2.76 bits per heavy atom. The highest BCUT2D eigenvalue weighted by Crippen LogP contribution is 2.30.